The van der Waals surface area contributed by atoms with E-state index in [1.807, 2.05) is 0 Å². The standard InChI is InChI=1S/C17H28N2O.ClH/c1-4-14-5-7-15(8-6-14)9-10-17(20)19-16(12-18)11-13(2)3;/h5-8,13,16H,4,9-12,18H2,1-3H3,(H,19,20);1H. The van der Waals surface area contributed by atoms with Gasteiger partial charge in [-0.05, 0) is 36.3 Å². The van der Waals surface area contributed by atoms with Crippen LogP contribution in [0.15, 0.2) is 24.3 Å². The van der Waals surface area contributed by atoms with Crippen LogP contribution in [-0.2, 0) is 17.6 Å². The van der Waals surface area contributed by atoms with Crippen molar-refractivity contribution in [3.8, 4) is 0 Å². The van der Waals surface area contributed by atoms with Crippen molar-refractivity contribution in [1.29, 1.82) is 0 Å². The first kappa shape index (κ1) is 19.9. The monoisotopic (exact) mass is 312 g/mol. The van der Waals surface area contributed by atoms with Gasteiger partial charge in [-0.15, -0.1) is 12.4 Å². The Morgan fingerprint density at radius 3 is 2.24 bits per heavy atom. The van der Waals surface area contributed by atoms with Crippen LogP contribution in [0, 0.1) is 5.92 Å². The minimum Gasteiger partial charge on any atom is -0.352 e. The van der Waals surface area contributed by atoms with Crippen molar-refractivity contribution in [1.82, 2.24) is 5.32 Å². The SMILES string of the molecule is CCc1ccc(CCC(=O)NC(CN)CC(C)C)cc1.Cl. The van der Waals surface area contributed by atoms with Crippen LogP contribution in [0.3, 0.4) is 0 Å². The van der Waals surface area contributed by atoms with Crippen LogP contribution in [-0.4, -0.2) is 18.5 Å². The molecule has 1 amide bonds. The molecule has 3 N–H and O–H groups in total. The molecule has 0 radical (unpaired) electrons. The first-order chi connectivity index (χ1) is 9.55. The van der Waals surface area contributed by atoms with Crippen molar-refractivity contribution in [2.24, 2.45) is 11.7 Å². The zero-order valence-corrected chi connectivity index (χ0v) is 14.2. The van der Waals surface area contributed by atoms with E-state index in [2.05, 4.69) is 50.4 Å². The lowest BCUT2D eigenvalue weighted by molar-refractivity contribution is -0.121. The molecule has 1 rings (SSSR count). The maximum atomic E-state index is 11.9. The Labute approximate surface area is 135 Å². The van der Waals surface area contributed by atoms with Gasteiger partial charge in [-0.1, -0.05) is 45.0 Å². The van der Waals surface area contributed by atoms with Gasteiger partial charge in [-0.3, -0.25) is 4.79 Å². The molecule has 21 heavy (non-hydrogen) atoms. The van der Waals surface area contributed by atoms with Gasteiger partial charge < -0.3 is 11.1 Å². The van der Waals surface area contributed by atoms with Crippen LogP contribution in [0.5, 0.6) is 0 Å². The quantitative estimate of drug-likeness (QED) is 0.775. The summed E-state index contributed by atoms with van der Waals surface area (Å²) in [5.41, 5.74) is 8.24. The van der Waals surface area contributed by atoms with Crippen LogP contribution in [0.2, 0.25) is 0 Å². The van der Waals surface area contributed by atoms with Gasteiger partial charge in [0.25, 0.3) is 0 Å². The topological polar surface area (TPSA) is 55.1 Å². The van der Waals surface area contributed by atoms with Crippen molar-refractivity contribution in [2.45, 2.75) is 52.5 Å². The second-order valence-corrected chi connectivity index (χ2v) is 5.80. The number of halogens is 1. The molecule has 4 heteroatoms. The summed E-state index contributed by atoms with van der Waals surface area (Å²) in [4.78, 5) is 11.9. The molecule has 0 heterocycles. The number of hydrogen-bond donors (Lipinski definition) is 2. The summed E-state index contributed by atoms with van der Waals surface area (Å²) in [5.74, 6) is 0.645. The Morgan fingerprint density at radius 1 is 1.19 bits per heavy atom. The highest BCUT2D eigenvalue weighted by Crippen LogP contribution is 2.08. The molecular weight excluding hydrogens is 284 g/mol. The highest BCUT2D eigenvalue weighted by atomic mass is 35.5. The van der Waals surface area contributed by atoms with Gasteiger partial charge in [-0.25, -0.2) is 0 Å². The third-order valence-electron chi connectivity index (χ3n) is 3.48. The number of hydrogen-bond acceptors (Lipinski definition) is 2. The summed E-state index contributed by atoms with van der Waals surface area (Å²) >= 11 is 0. The summed E-state index contributed by atoms with van der Waals surface area (Å²) in [7, 11) is 0. The number of rotatable bonds is 8. The maximum Gasteiger partial charge on any atom is 0.220 e. The Morgan fingerprint density at radius 2 is 1.76 bits per heavy atom. The lowest BCUT2D eigenvalue weighted by Crippen LogP contribution is -2.41. The lowest BCUT2D eigenvalue weighted by Gasteiger charge is -2.18. The molecule has 0 aromatic heterocycles. The number of amides is 1. The van der Waals surface area contributed by atoms with Gasteiger partial charge in [0.2, 0.25) is 5.91 Å². The smallest absolute Gasteiger partial charge is 0.220 e. The predicted octanol–water partition coefficient (Wildman–Crippen LogP) is 3.09. The largest absolute Gasteiger partial charge is 0.352 e. The average molecular weight is 313 g/mol. The van der Waals surface area contributed by atoms with Gasteiger partial charge in [-0.2, -0.15) is 0 Å². The Hall–Kier alpha value is -1.06. The van der Waals surface area contributed by atoms with E-state index in [1.165, 1.54) is 11.1 Å². The Kier molecular flexibility index (Phi) is 10.1. The molecular formula is C17H29ClN2O. The molecule has 1 aromatic carbocycles. The first-order valence-corrected chi connectivity index (χ1v) is 7.62. The molecule has 0 fully saturated rings. The number of carbonyl (C=O) groups excluding carboxylic acids is 1. The molecule has 1 aromatic rings. The second kappa shape index (κ2) is 10.6. The molecule has 0 spiro atoms. The summed E-state index contributed by atoms with van der Waals surface area (Å²) < 4.78 is 0. The molecule has 1 atom stereocenters. The molecule has 0 saturated carbocycles. The summed E-state index contributed by atoms with van der Waals surface area (Å²) in [5, 5.41) is 3.03. The van der Waals surface area contributed by atoms with Crippen molar-refractivity contribution >= 4 is 18.3 Å². The molecule has 0 saturated heterocycles. The van der Waals surface area contributed by atoms with Crippen molar-refractivity contribution in [3.63, 3.8) is 0 Å². The van der Waals surface area contributed by atoms with Crippen LogP contribution in [0.1, 0.15) is 44.7 Å². The Balaban J connectivity index is 0.00000400. The number of aryl methyl sites for hydroxylation is 2. The van der Waals surface area contributed by atoms with E-state index < -0.39 is 0 Å². The zero-order chi connectivity index (χ0) is 15.0. The van der Waals surface area contributed by atoms with Crippen molar-refractivity contribution in [2.75, 3.05) is 6.54 Å². The van der Waals surface area contributed by atoms with Crippen LogP contribution in [0.25, 0.3) is 0 Å². The van der Waals surface area contributed by atoms with E-state index in [1.54, 1.807) is 0 Å². The summed E-state index contributed by atoms with van der Waals surface area (Å²) in [6.07, 6.45) is 3.30. The molecule has 1 unspecified atom stereocenters. The average Bonchev–Trinajstić information content (AvgIpc) is 2.44. The highest BCUT2D eigenvalue weighted by Gasteiger charge is 2.12. The van der Waals surface area contributed by atoms with Crippen LogP contribution in [0.4, 0.5) is 0 Å². The zero-order valence-electron chi connectivity index (χ0n) is 13.4. The van der Waals surface area contributed by atoms with Gasteiger partial charge in [0.1, 0.15) is 0 Å². The second-order valence-electron chi connectivity index (χ2n) is 5.80. The van der Waals surface area contributed by atoms with Gasteiger partial charge in [0.15, 0.2) is 0 Å². The number of benzene rings is 1. The molecule has 3 nitrogen and oxygen atoms in total. The number of nitrogens with two attached hydrogens (primary N) is 1. The van der Waals surface area contributed by atoms with E-state index >= 15 is 0 Å². The normalized spacial score (nSPS) is 11.9. The fourth-order valence-corrected chi connectivity index (χ4v) is 2.28. The van der Waals surface area contributed by atoms with E-state index in [0.29, 0.717) is 18.9 Å². The number of nitrogens with one attached hydrogen (secondary N) is 1. The molecule has 0 aliphatic heterocycles. The van der Waals surface area contributed by atoms with E-state index in [-0.39, 0.29) is 24.4 Å². The van der Waals surface area contributed by atoms with E-state index in [4.69, 9.17) is 5.73 Å². The molecule has 0 aliphatic carbocycles. The van der Waals surface area contributed by atoms with Gasteiger partial charge in [0, 0.05) is 19.0 Å². The minimum absolute atomic E-state index is 0. The van der Waals surface area contributed by atoms with E-state index in [0.717, 1.165) is 19.3 Å². The van der Waals surface area contributed by atoms with E-state index in [9.17, 15) is 4.79 Å². The summed E-state index contributed by atoms with van der Waals surface area (Å²) in [6.45, 7) is 6.94. The fourth-order valence-electron chi connectivity index (χ4n) is 2.28. The lowest BCUT2D eigenvalue weighted by atomic mass is 10.0. The fraction of sp³-hybridized carbons (Fsp3) is 0.588. The third kappa shape index (κ3) is 8.08. The molecule has 120 valence electrons. The third-order valence-corrected chi connectivity index (χ3v) is 3.48. The van der Waals surface area contributed by atoms with Crippen molar-refractivity contribution in [3.05, 3.63) is 35.4 Å². The Bertz CT molecular complexity index is 404. The predicted molar refractivity (Wildman–Crippen MR) is 91.8 cm³/mol. The highest BCUT2D eigenvalue weighted by molar-refractivity contribution is 5.85. The molecule has 0 aliphatic rings. The minimum atomic E-state index is 0. The summed E-state index contributed by atoms with van der Waals surface area (Å²) in [6, 6.07) is 8.59. The van der Waals surface area contributed by atoms with Crippen LogP contribution < -0.4 is 11.1 Å². The van der Waals surface area contributed by atoms with Gasteiger partial charge >= 0.3 is 0 Å². The van der Waals surface area contributed by atoms with Crippen LogP contribution >= 0.6 is 12.4 Å². The number of carbonyl (C=O) groups is 1. The van der Waals surface area contributed by atoms with Crippen molar-refractivity contribution < 1.29 is 4.79 Å². The maximum absolute atomic E-state index is 11.9. The first-order valence-electron chi connectivity index (χ1n) is 7.62. The van der Waals surface area contributed by atoms with Gasteiger partial charge in [0.05, 0.1) is 0 Å². The molecule has 0 bridgehead atoms.